The summed E-state index contributed by atoms with van der Waals surface area (Å²) in [6.45, 7) is 8.88. The molecular weight excluding hydrogens is 971 g/mol. The monoisotopic (exact) mass is 1010 g/mol. The Morgan fingerprint density at radius 2 is 0.877 bits per heavy atom. The Morgan fingerprint density at radius 1 is 0.385 bits per heavy atom. The third kappa shape index (κ3) is 7.59. The molecule has 0 fully saturated rings. The van der Waals surface area contributed by atoms with Gasteiger partial charge in [0.1, 0.15) is 5.82 Å². The van der Waals surface area contributed by atoms with Crippen LogP contribution in [-0.2, 0) is 20.1 Å². The van der Waals surface area contributed by atoms with E-state index in [0.717, 1.165) is 38.5 Å². The van der Waals surface area contributed by atoms with E-state index in [4.69, 9.17) is 0 Å². The van der Waals surface area contributed by atoms with Crippen LogP contribution in [-0.4, -0.2) is 25.4 Å². The summed E-state index contributed by atoms with van der Waals surface area (Å²) in [5, 5.41) is 35.0. The third-order valence-electron chi connectivity index (χ3n) is 12.6. The van der Waals surface area contributed by atoms with Crippen LogP contribution in [0.5, 0.6) is 0 Å². The third-order valence-corrected chi connectivity index (χ3v) is 12.6. The first-order valence-corrected chi connectivity index (χ1v) is 22.0. The first kappa shape index (κ1) is 41.8. The van der Waals surface area contributed by atoms with Gasteiger partial charge in [-0.2, -0.15) is 10.2 Å². The molecule has 2 aromatic heterocycles. The maximum absolute atomic E-state index is 4.65. The van der Waals surface area contributed by atoms with Crippen LogP contribution in [0.3, 0.4) is 0 Å². The molecule has 1 radical (unpaired) electrons. The molecule has 0 aliphatic carbocycles. The standard InChI is InChI=1S/C38H21N4.C21H22N.Ir/c1-3-13-29-25(9-1)27-11-5-7-15-31(27)35-21-23(17-19-33(29)35)37-39-41-38(42-40-37)24-18-20-34-30-14-4-2-10-26(30)28-12-6-8-16-32(28)36(34)22-24;1-14(2)17-6-5-7-19(12-17)21-20-13-18(15(3)4)9-8-16(20)10-11-22-21;/h1-17,19-22H;5-6,8-15H,1-4H3;/q2*-1;. The van der Waals surface area contributed by atoms with Gasteiger partial charge in [0.05, 0.1) is 0 Å². The van der Waals surface area contributed by atoms with Crippen LogP contribution < -0.4 is 0 Å². The van der Waals surface area contributed by atoms with Crippen LogP contribution in [0, 0.1) is 12.1 Å². The van der Waals surface area contributed by atoms with Crippen LogP contribution in [0.2, 0.25) is 0 Å². The van der Waals surface area contributed by atoms with Gasteiger partial charge in [0, 0.05) is 31.9 Å². The Hall–Kier alpha value is -7.24. The summed E-state index contributed by atoms with van der Waals surface area (Å²) >= 11 is 0. The predicted molar refractivity (Wildman–Crippen MR) is 267 cm³/mol. The van der Waals surface area contributed by atoms with E-state index in [1.165, 1.54) is 70.4 Å². The average Bonchev–Trinajstić information content (AvgIpc) is 3.36. The summed E-state index contributed by atoms with van der Waals surface area (Å²) in [7, 11) is 0. The van der Waals surface area contributed by atoms with Crippen molar-refractivity contribution in [2.75, 3.05) is 0 Å². The van der Waals surface area contributed by atoms with Crippen LogP contribution >= 0.6 is 0 Å². The van der Waals surface area contributed by atoms with E-state index in [1.807, 2.05) is 18.3 Å². The molecule has 12 aromatic rings. The topological polar surface area (TPSA) is 64.5 Å². The fourth-order valence-corrected chi connectivity index (χ4v) is 9.21. The molecule has 0 saturated carbocycles. The van der Waals surface area contributed by atoms with E-state index in [-0.39, 0.29) is 20.1 Å². The molecule has 0 amide bonds. The second-order valence-electron chi connectivity index (χ2n) is 17.1. The fraction of sp³-hybridized carbons (Fsp3) is 0.102. The quantitative estimate of drug-likeness (QED) is 0.127. The van der Waals surface area contributed by atoms with Gasteiger partial charge < -0.3 is 4.98 Å². The van der Waals surface area contributed by atoms with Crippen molar-refractivity contribution in [3.8, 4) is 34.0 Å². The number of nitrogens with zero attached hydrogens (tertiary/aromatic N) is 5. The van der Waals surface area contributed by atoms with Gasteiger partial charge in [0.25, 0.3) is 0 Å². The molecule has 65 heavy (non-hydrogen) atoms. The van der Waals surface area contributed by atoms with Crippen molar-refractivity contribution in [2.45, 2.75) is 39.5 Å². The first-order valence-electron chi connectivity index (χ1n) is 22.0. The van der Waals surface area contributed by atoms with E-state index in [1.54, 1.807) is 0 Å². The molecule has 5 nitrogen and oxygen atoms in total. The van der Waals surface area contributed by atoms with Crippen LogP contribution in [0.4, 0.5) is 0 Å². The molecule has 315 valence electrons. The van der Waals surface area contributed by atoms with E-state index >= 15 is 0 Å². The molecule has 0 aliphatic rings. The Kier molecular flexibility index (Phi) is 11.2. The zero-order valence-corrected chi connectivity index (χ0v) is 38.9. The molecule has 0 bridgehead atoms. The molecule has 0 aliphatic heterocycles. The summed E-state index contributed by atoms with van der Waals surface area (Å²) in [6, 6.07) is 66.5. The fourth-order valence-electron chi connectivity index (χ4n) is 9.21. The van der Waals surface area contributed by atoms with Gasteiger partial charge in [-0.25, -0.2) is 0 Å². The van der Waals surface area contributed by atoms with Crippen molar-refractivity contribution in [1.29, 1.82) is 0 Å². The number of benzene rings is 10. The Bertz CT molecular complexity index is 3500. The average molecular weight is 1010 g/mol. The molecule has 2 heterocycles. The van der Waals surface area contributed by atoms with Crippen molar-refractivity contribution < 1.29 is 20.1 Å². The number of pyridine rings is 1. The largest absolute Gasteiger partial charge is 0.304 e. The van der Waals surface area contributed by atoms with Gasteiger partial charge in [-0.15, -0.1) is 69.4 Å². The second-order valence-corrected chi connectivity index (χ2v) is 17.1. The maximum Gasteiger partial charge on any atom is 0.201 e. The van der Waals surface area contributed by atoms with Crippen molar-refractivity contribution >= 4 is 75.4 Å². The molecule has 0 unspecified atom stereocenters. The first-order chi connectivity index (χ1) is 31.4. The van der Waals surface area contributed by atoms with Crippen LogP contribution in [0.1, 0.15) is 50.7 Å². The SMILES string of the molecule is CC(C)c1cc[c-]c(-c2nccc3ccc(C(C)C)cc23)c1.[Ir].[c-]1cc2c3ccccc3c3ccccc3c2cc1-c1nnc(-c2ccc3c4ccccc4c4ccccc4c3c2)nn1. The van der Waals surface area contributed by atoms with E-state index < -0.39 is 0 Å². The number of rotatable bonds is 5. The normalized spacial score (nSPS) is 11.5. The van der Waals surface area contributed by atoms with Gasteiger partial charge in [0.15, 0.2) is 0 Å². The Balaban J connectivity index is 0.000000184. The molecule has 0 saturated heterocycles. The van der Waals surface area contributed by atoms with Gasteiger partial charge >= 0.3 is 0 Å². The van der Waals surface area contributed by atoms with E-state index in [9.17, 15) is 0 Å². The minimum absolute atomic E-state index is 0. The van der Waals surface area contributed by atoms with Crippen molar-refractivity contribution in [3.05, 3.63) is 199 Å². The number of aromatic nitrogens is 5. The zero-order chi connectivity index (χ0) is 43.3. The molecule has 0 atom stereocenters. The van der Waals surface area contributed by atoms with E-state index in [2.05, 4.69) is 223 Å². The molecule has 6 heteroatoms. The number of fused-ring (bicyclic) bond motifs is 13. The van der Waals surface area contributed by atoms with Crippen LogP contribution in [0.15, 0.2) is 176 Å². The molecule has 0 spiro atoms. The van der Waals surface area contributed by atoms with E-state index in [0.29, 0.717) is 23.5 Å². The van der Waals surface area contributed by atoms with Crippen molar-refractivity contribution in [3.63, 3.8) is 0 Å². The summed E-state index contributed by atoms with van der Waals surface area (Å²) in [5.74, 6) is 1.98. The van der Waals surface area contributed by atoms with Gasteiger partial charge in [-0.05, 0) is 94.5 Å². The second kappa shape index (κ2) is 17.4. The summed E-state index contributed by atoms with van der Waals surface area (Å²) in [5.41, 5.74) is 6.44. The summed E-state index contributed by atoms with van der Waals surface area (Å²) in [4.78, 5) is 4.65. The smallest absolute Gasteiger partial charge is 0.201 e. The molecular formula is C59H43IrN5-2. The predicted octanol–water partition coefficient (Wildman–Crippen LogP) is 15.3. The van der Waals surface area contributed by atoms with Gasteiger partial charge in [-0.3, -0.25) is 0 Å². The number of hydrogen-bond donors (Lipinski definition) is 0. The van der Waals surface area contributed by atoms with Crippen LogP contribution in [0.25, 0.3) is 109 Å². The summed E-state index contributed by atoms with van der Waals surface area (Å²) < 4.78 is 0. The molecule has 12 rings (SSSR count). The van der Waals surface area contributed by atoms with Crippen molar-refractivity contribution in [2.24, 2.45) is 0 Å². The molecule has 10 aromatic carbocycles. The summed E-state index contributed by atoms with van der Waals surface area (Å²) in [6.07, 6.45) is 1.89. The number of hydrogen-bond acceptors (Lipinski definition) is 5. The van der Waals surface area contributed by atoms with Gasteiger partial charge in [0.2, 0.25) is 5.82 Å². The maximum atomic E-state index is 4.65. The van der Waals surface area contributed by atoms with Crippen molar-refractivity contribution in [1.82, 2.24) is 25.4 Å². The zero-order valence-electron chi connectivity index (χ0n) is 36.5. The Labute approximate surface area is 391 Å². The molecule has 0 N–H and O–H groups in total. The minimum Gasteiger partial charge on any atom is -0.304 e. The van der Waals surface area contributed by atoms with Gasteiger partial charge in [-0.1, -0.05) is 171 Å². The minimum atomic E-state index is 0. The Morgan fingerprint density at radius 3 is 1.45 bits per heavy atom.